The van der Waals surface area contributed by atoms with Crippen molar-refractivity contribution in [3.8, 4) is 0 Å². The highest BCUT2D eigenvalue weighted by Crippen LogP contribution is 2.25. The second kappa shape index (κ2) is 2.03. The van der Waals surface area contributed by atoms with E-state index in [0.29, 0.717) is 5.25 Å². The number of hydrogen-bond donors (Lipinski definition) is 0. The molecule has 1 heterocycles. The average molecular weight is 120 g/mol. The van der Waals surface area contributed by atoms with Crippen molar-refractivity contribution in [1.29, 1.82) is 0 Å². The molecular formula is C4H8O2S. The van der Waals surface area contributed by atoms with Gasteiger partial charge < -0.3 is 0 Å². The Balaban J connectivity index is 2.33. The molecule has 3 heteroatoms. The van der Waals surface area contributed by atoms with E-state index in [0.717, 1.165) is 0 Å². The lowest BCUT2D eigenvalue weighted by molar-refractivity contribution is -0.204. The van der Waals surface area contributed by atoms with E-state index in [1.165, 1.54) is 12.0 Å². The van der Waals surface area contributed by atoms with Crippen LogP contribution >= 0.6 is 12.0 Å². The van der Waals surface area contributed by atoms with Gasteiger partial charge >= 0.3 is 0 Å². The molecule has 0 bridgehead atoms. The van der Waals surface area contributed by atoms with Gasteiger partial charge in [0.1, 0.15) is 6.10 Å². The molecule has 1 rings (SSSR count). The molecule has 2 atom stereocenters. The van der Waals surface area contributed by atoms with Crippen LogP contribution in [0, 0.1) is 0 Å². The average Bonchev–Trinajstić information content (AvgIpc) is 1.91. The van der Waals surface area contributed by atoms with E-state index in [4.69, 9.17) is 4.89 Å². The maximum Gasteiger partial charge on any atom is 0.105 e. The van der Waals surface area contributed by atoms with Gasteiger partial charge in [-0.05, 0) is 13.8 Å². The minimum Gasteiger partial charge on any atom is -0.220 e. The van der Waals surface area contributed by atoms with Crippen LogP contribution in [0.5, 0.6) is 0 Å². The first-order chi connectivity index (χ1) is 3.30. The minimum atomic E-state index is 0.255. The molecule has 1 saturated heterocycles. The van der Waals surface area contributed by atoms with Gasteiger partial charge in [-0.1, -0.05) is 0 Å². The summed E-state index contributed by atoms with van der Waals surface area (Å²) in [7, 11) is 0. The van der Waals surface area contributed by atoms with Crippen LogP contribution in [0.15, 0.2) is 0 Å². The topological polar surface area (TPSA) is 18.5 Å². The molecule has 0 amide bonds. The quantitative estimate of drug-likeness (QED) is 0.355. The lowest BCUT2D eigenvalue weighted by Crippen LogP contribution is -2.09. The molecule has 7 heavy (non-hydrogen) atoms. The van der Waals surface area contributed by atoms with Gasteiger partial charge in [-0.3, -0.25) is 0 Å². The summed E-state index contributed by atoms with van der Waals surface area (Å²) in [6.07, 6.45) is 0.255. The van der Waals surface area contributed by atoms with Crippen LogP contribution in [0.4, 0.5) is 0 Å². The third kappa shape index (κ3) is 1.08. The monoisotopic (exact) mass is 120 g/mol. The van der Waals surface area contributed by atoms with Gasteiger partial charge in [0.15, 0.2) is 0 Å². The Hall–Kier alpha value is 0.270. The predicted molar refractivity (Wildman–Crippen MR) is 28.7 cm³/mol. The molecule has 2 nitrogen and oxygen atoms in total. The zero-order valence-electron chi connectivity index (χ0n) is 4.38. The molecule has 1 unspecified atom stereocenters. The third-order valence-electron chi connectivity index (χ3n) is 1.04. The molecule has 1 aliphatic heterocycles. The molecule has 0 N–H and O–H groups in total. The van der Waals surface area contributed by atoms with Crippen molar-refractivity contribution in [2.45, 2.75) is 25.2 Å². The summed E-state index contributed by atoms with van der Waals surface area (Å²) < 4.78 is 4.59. The first-order valence-electron chi connectivity index (χ1n) is 2.29. The Kier molecular flexibility index (Phi) is 1.57. The second-order valence-electron chi connectivity index (χ2n) is 1.67. The van der Waals surface area contributed by atoms with E-state index in [2.05, 4.69) is 11.3 Å². The third-order valence-corrected chi connectivity index (χ3v) is 1.89. The lowest BCUT2D eigenvalue weighted by atomic mass is 10.3. The van der Waals surface area contributed by atoms with Crippen molar-refractivity contribution in [3.05, 3.63) is 0 Å². The predicted octanol–water partition coefficient (Wildman–Crippen LogP) is 1.37. The Labute approximate surface area is 47.3 Å². The summed E-state index contributed by atoms with van der Waals surface area (Å²) in [6, 6.07) is 0. The van der Waals surface area contributed by atoms with E-state index in [1.54, 1.807) is 0 Å². The van der Waals surface area contributed by atoms with Crippen LogP contribution < -0.4 is 0 Å². The summed E-state index contributed by atoms with van der Waals surface area (Å²) in [5, 5.41) is 0.486. The van der Waals surface area contributed by atoms with Crippen molar-refractivity contribution >= 4 is 12.0 Å². The molecule has 0 radical (unpaired) electrons. The maximum absolute atomic E-state index is 4.73. The van der Waals surface area contributed by atoms with Crippen molar-refractivity contribution in [2.24, 2.45) is 0 Å². The largest absolute Gasteiger partial charge is 0.220 e. The fourth-order valence-corrected chi connectivity index (χ4v) is 0.798. The Bertz CT molecular complexity index is 58.7. The molecule has 0 aromatic rings. The van der Waals surface area contributed by atoms with Crippen molar-refractivity contribution < 1.29 is 9.22 Å². The first kappa shape index (κ1) is 5.41. The van der Waals surface area contributed by atoms with Crippen molar-refractivity contribution in [1.82, 2.24) is 0 Å². The highest BCUT2D eigenvalue weighted by molar-refractivity contribution is 7.95. The lowest BCUT2D eigenvalue weighted by Gasteiger charge is -1.97. The van der Waals surface area contributed by atoms with Gasteiger partial charge in [0.2, 0.25) is 0 Å². The molecule has 0 aliphatic carbocycles. The van der Waals surface area contributed by atoms with Crippen LogP contribution in [-0.2, 0) is 9.22 Å². The van der Waals surface area contributed by atoms with E-state index < -0.39 is 0 Å². The Morgan fingerprint density at radius 2 is 2.14 bits per heavy atom. The van der Waals surface area contributed by atoms with Crippen molar-refractivity contribution in [3.63, 3.8) is 0 Å². The Morgan fingerprint density at radius 3 is 2.29 bits per heavy atom. The molecular weight excluding hydrogens is 112 g/mol. The molecule has 0 aromatic heterocycles. The zero-order chi connectivity index (χ0) is 5.28. The zero-order valence-corrected chi connectivity index (χ0v) is 5.20. The number of rotatable bonds is 0. The molecule has 42 valence electrons. The smallest absolute Gasteiger partial charge is 0.105 e. The summed E-state index contributed by atoms with van der Waals surface area (Å²) in [5.41, 5.74) is 0. The van der Waals surface area contributed by atoms with E-state index >= 15 is 0 Å². The maximum atomic E-state index is 4.73. The molecule has 0 spiro atoms. The molecule has 1 aliphatic rings. The van der Waals surface area contributed by atoms with Crippen LogP contribution in [0.3, 0.4) is 0 Å². The summed E-state index contributed by atoms with van der Waals surface area (Å²) in [6.45, 7) is 4.06. The van der Waals surface area contributed by atoms with Crippen molar-refractivity contribution in [2.75, 3.05) is 0 Å². The van der Waals surface area contributed by atoms with Crippen LogP contribution in [0.2, 0.25) is 0 Å². The second-order valence-corrected chi connectivity index (χ2v) is 2.74. The summed E-state index contributed by atoms with van der Waals surface area (Å²) >= 11 is 1.38. The van der Waals surface area contributed by atoms with Crippen LogP contribution in [-0.4, -0.2) is 11.4 Å². The highest BCUT2D eigenvalue weighted by atomic mass is 32.2. The fraction of sp³-hybridized carbons (Fsp3) is 1.00. The van der Waals surface area contributed by atoms with Gasteiger partial charge in [-0.15, -0.1) is 0 Å². The molecule has 1 fully saturated rings. The standard InChI is InChI=1S/C4H8O2S/c1-3-4(2)7-6-5-3/h3-4H,1-2H3/t3?,4-/m1/s1. The van der Waals surface area contributed by atoms with Gasteiger partial charge in [-0.25, -0.2) is 4.89 Å². The van der Waals surface area contributed by atoms with E-state index in [1.807, 2.05) is 6.92 Å². The number of hydrogen-bond acceptors (Lipinski definition) is 3. The van der Waals surface area contributed by atoms with Crippen LogP contribution in [0.1, 0.15) is 13.8 Å². The minimum absolute atomic E-state index is 0.255. The van der Waals surface area contributed by atoms with Crippen LogP contribution in [0.25, 0.3) is 0 Å². The normalized spacial score (nSPS) is 42.0. The first-order valence-corrected chi connectivity index (χ1v) is 3.10. The van der Waals surface area contributed by atoms with Gasteiger partial charge in [0.05, 0.1) is 5.25 Å². The van der Waals surface area contributed by atoms with Gasteiger partial charge in [0, 0.05) is 12.0 Å². The molecule has 0 saturated carbocycles. The van der Waals surface area contributed by atoms with E-state index in [9.17, 15) is 0 Å². The van der Waals surface area contributed by atoms with E-state index in [-0.39, 0.29) is 6.10 Å². The highest BCUT2D eigenvalue weighted by Gasteiger charge is 2.22. The van der Waals surface area contributed by atoms with Gasteiger partial charge in [0.25, 0.3) is 0 Å². The fourth-order valence-electron chi connectivity index (χ4n) is 0.303. The Morgan fingerprint density at radius 1 is 1.43 bits per heavy atom. The summed E-state index contributed by atoms with van der Waals surface area (Å²) in [5.74, 6) is 0. The SMILES string of the molecule is CC1OOS[C@@H]1C. The molecule has 0 aromatic carbocycles. The van der Waals surface area contributed by atoms with Gasteiger partial charge in [-0.2, -0.15) is 4.33 Å². The summed E-state index contributed by atoms with van der Waals surface area (Å²) in [4.78, 5) is 4.73.